The molecule has 0 unspecified atom stereocenters. The molecule has 1 aliphatic heterocycles. The van der Waals surface area contributed by atoms with Crippen molar-refractivity contribution in [1.29, 1.82) is 0 Å². The summed E-state index contributed by atoms with van der Waals surface area (Å²) in [5.74, 6) is -1.51. The highest BCUT2D eigenvalue weighted by Crippen LogP contribution is 2.42. The van der Waals surface area contributed by atoms with Gasteiger partial charge in [-0.1, -0.05) is 103 Å². The van der Waals surface area contributed by atoms with Crippen molar-refractivity contribution in [3.63, 3.8) is 0 Å². The molecule has 0 saturated heterocycles. The molecule has 0 fully saturated rings. The third-order valence-corrected chi connectivity index (χ3v) is 12.2. The first-order chi connectivity index (χ1) is 24.2. The zero-order valence-corrected chi connectivity index (χ0v) is 27.9. The lowest BCUT2D eigenvalue weighted by Crippen LogP contribution is -2.31. The van der Waals surface area contributed by atoms with E-state index in [1.165, 1.54) is 24.3 Å². The van der Waals surface area contributed by atoms with E-state index in [0.29, 0.717) is 16.3 Å². The number of aromatic nitrogens is 2. The SMILES string of the molecule is O=C1C(c2cc3ccccc3n2S(=O)(=O)c2ccccc2)=C(c2cc3ccccc3n2S(=O)(=O)c2ccccc2)C(=O)N1Cc1ccccc1. The van der Waals surface area contributed by atoms with Crippen LogP contribution < -0.4 is 0 Å². The van der Waals surface area contributed by atoms with Crippen molar-refractivity contribution >= 4 is 64.8 Å². The number of fused-ring (bicyclic) bond motifs is 2. The minimum absolute atomic E-state index is 0.0246. The Morgan fingerprint density at radius 3 is 1.22 bits per heavy atom. The first-order valence-electron chi connectivity index (χ1n) is 15.7. The highest BCUT2D eigenvalue weighted by atomic mass is 32.2. The van der Waals surface area contributed by atoms with Crippen molar-refractivity contribution in [3.05, 3.63) is 169 Å². The van der Waals surface area contributed by atoms with Crippen LogP contribution in [0.25, 0.3) is 33.0 Å². The van der Waals surface area contributed by atoms with Gasteiger partial charge in [-0.05, 0) is 54.1 Å². The fourth-order valence-electron chi connectivity index (χ4n) is 6.48. The van der Waals surface area contributed by atoms with Crippen LogP contribution in [0.15, 0.2) is 161 Å². The molecule has 0 atom stereocenters. The Labute approximate surface area is 288 Å². The number of para-hydroxylation sites is 2. The zero-order chi connectivity index (χ0) is 34.6. The Bertz CT molecular complexity index is 2560. The number of carbonyl (C=O) groups excluding carboxylic acids is 2. The molecule has 2 aromatic heterocycles. The Morgan fingerprint density at radius 1 is 0.440 bits per heavy atom. The molecule has 5 aromatic carbocycles. The molecule has 246 valence electrons. The van der Waals surface area contributed by atoms with Gasteiger partial charge < -0.3 is 0 Å². The van der Waals surface area contributed by atoms with Crippen LogP contribution in [0.5, 0.6) is 0 Å². The minimum atomic E-state index is -4.34. The van der Waals surface area contributed by atoms with E-state index in [4.69, 9.17) is 0 Å². The van der Waals surface area contributed by atoms with Gasteiger partial charge in [-0.25, -0.2) is 24.8 Å². The van der Waals surface area contributed by atoms with Gasteiger partial charge in [0.1, 0.15) is 0 Å². The molecule has 0 aliphatic carbocycles. The molecule has 0 bridgehead atoms. The van der Waals surface area contributed by atoms with E-state index in [9.17, 15) is 26.4 Å². The quantitative estimate of drug-likeness (QED) is 0.167. The molecule has 8 rings (SSSR count). The fourth-order valence-corrected chi connectivity index (χ4v) is 9.56. The second-order valence-corrected chi connectivity index (χ2v) is 15.3. The van der Waals surface area contributed by atoms with Crippen LogP contribution >= 0.6 is 0 Å². The van der Waals surface area contributed by atoms with E-state index in [1.807, 2.05) is 6.07 Å². The molecule has 50 heavy (non-hydrogen) atoms. The van der Waals surface area contributed by atoms with Crippen molar-refractivity contribution in [2.75, 3.05) is 0 Å². The summed E-state index contributed by atoms with van der Waals surface area (Å²) < 4.78 is 60.0. The van der Waals surface area contributed by atoms with Crippen molar-refractivity contribution in [1.82, 2.24) is 12.8 Å². The molecule has 0 radical (unpaired) electrons. The van der Waals surface area contributed by atoms with Crippen LogP contribution in [0.1, 0.15) is 17.0 Å². The lowest BCUT2D eigenvalue weighted by Gasteiger charge is -2.16. The number of rotatable bonds is 8. The fraction of sp³-hybridized carbons (Fsp3) is 0.0256. The second kappa shape index (κ2) is 11.8. The molecular weight excluding hydrogens is 671 g/mol. The minimum Gasteiger partial charge on any atom is -0.270 e. The first kappa shape index (κ1) is 31.2. The summed E-state index contributed by atoms with van der Waals surface area (Å²) in [6.45, 7) is -0.122. The van der Waals surface area contributed by atoms with Crippen molar-refractivity contribution < 1.29 is 26.4 Å². The number of amides is 2. The van der Waals surface area contributed by atoms with Gasteiger partial charge >= 0.3 is 0 Å². The lowest BCUT2D eigenvalue weighted by molar-refractivity contribution is -0.136. The van der Waals surface area contributed by atoms with Gasteiger partial charge in [0, 0.05) is 10.8 Å². The molecule has 0 spiro atoms. The number of carbonyl (C=O) groups is 2. The smallest absolute Gasteiger partial charge is 0.268 e. The molecule has 11 heteroatoms. The molecule has 7 aromatic rings. The second-order valence-electron chi connectivity index (χ2n) is 11.8. The van der Waals surface area contributed by atoms with Crippen molar-refractivity contribution in [2.45, 2.75) is 16.3 Å². The summed E-state index contributed by atoms with van der Waals surface area (Å²) in [6.07, 6.45) is 0. The summed E-state index contributed by atoms with van der Waals surface area (Å²) in [5.41, 5.74) is 0.656. The Hall–Kier alpha value is -6.04. The van der Waals surface area contributed by atoms with Gasteiger partial charge in [0.05, 0.1) is 49.9 Å². The van der Waals surface area contributed by atoms with Crippen LogP contribution in [-0.2, 0) is 36.2 Å². The maximum atomic E-state index is 14.7. The number of nitrogens with zero attached hydrogens (tertiary/aromatic N) is 3. The Balaban J connectivity index is 1.48. The molecule has 1 aliphatic rings. The average Bonchev–Trinajstić information content (AvgIpc) is 3.79. The summed E-state index contributed by atoms with van der Waals surface area (Å²) in [4.78, 5) is 30.4. The number of imide groups is 1. The largest absolute Gasteiger partial charge is 0.270 e. The number of benzene rings is 5. The Morgan fingerprint density at radius 2 is 0.800 bits per heavy atom. The summed E-state index contributed by atoms with van der Waals surface area (Å²) >= 11 is 0. The van der Waals surface area contributed by atoms with Crippen molar-refractivity contribution in [3.8, 4) is 0 Å². The van der Waals surface area contributed by atoms with E-state index in [-0.39, 0.29) is 49.9 Å². The highest BCUT2D eigenvalue weighted by molar-refractivity contribution is 7.90. The topological polar surface area (TPSA) is 116 Å². The maximum Gasteiger partial charge on any atom is 0.268 e. The van der Waals surface area contributed by atoms with Crippen LogP contribution in [0.3, 0.4) is 0 Å². The highest BCUT2D eigenvalue weighted by Gasteiger charge is 2.44. The van der Waals surface area contributed by atoms with Gasteiger partial charge in [0.25, 0.3) is 31.9 Å². The summed E-state index contributed by atoms with van der Waals surface area (Å²) in [7, 11) is -8.69. The summed E-state index contributed by atoms with van der Waals surface area (Å²) in [6, 6.07) is 41.2. The summed E-state index contributed by atoms with van der Waals surface area (Å²) in [5, 5.41) is 1.01. The van der Waals surface area contributed by atoms with E-state index in [1.54, 1.807) is 121 Å². The van der Waals surface area contributed by atoms with Crippen molar-refractivity contribution in [2.24, 2.45) is 0 Å². The molecule has 0 N–H and O–H groups in total. The van der Waals surface area contributed by atoms with E-state index in [0.717, 1.165) is 12.8 Å². The first-order valence-corrected chi connectivity index (χ1v) is 18.5. The van der Waals surface area contributed by atoms with Gasteiger partial charge in [-0.15, -0.1) is 0 Å². The van der Waals surface area contributed by atoms with Crippen LogP contribution in [0.4, 0.5) is 0 Å². The third-order valence-electron chi connectivity index (χ3n) is 8.76. The normalized spacial score (nSPS) is 14.0. The van der Waals surface area contributed by atoms with E-state index >= 15 is 0 Å². The van der Waals surface area contributed by atoms with E-state index in [2.05, 4.69) is 0 Å². The van der Waals surface area contributed by atoms with Gasteiger partial charge in [0.2, 0.25) is 0 Å². The number of hydrogen-bond donors (Lipinski definition) is 0. The standard InChI is InChI=1S/C39H27N3O6S2/c43-38-36(34-24-28-16-10-12-22-32(28)41(34)49(45,46)30-18-6-2-7-19-30)37(39(44)40(38)26-27-14-4-1-5-15-27)35-25-29-17-11-13-23-33(29)42(35)50(47,48)31-20-8-3-9-21-31/h1-25H,26H2. The molecule has 0 saturated carbocycles. The van der Waals surface area contributed by atoms with Crippen LogP contribution in [0.2, 0.25) is 0 Å². The maximum absolute atomic E-state index is 14.7. The molecule has 3 heterocycles. The average molecular weight is 698 g/mol. The van der Waals surface area contributed by atoms with Gasteiger partial charge in [-0.2, -0.15) is 0 Å². The van der Waals surface area contributed by atoms with Crippen LogP contribution in [-0.4, -0.2) is 41.5 Å². The molecule has 2 amide bonds. The van der Waals surface area contributed by atoms with E-state index < -0.39 is 31.9 Å². The monoisotopic (exact) mass is 697 g/mol. The van der Waals surface area contributed by atoms with Gasteiger partial charge in [0.15, 0.2) is 0 Å². The molecular formula is C39H27N3O6S2. The molecule has 9 nitrogen and oxygen atoms in total. The van der Waals surface area contributed by atoms with Gasteiger partial charge in [-0.3, -0.25) is 14.5 Å². The lowest BCUT2D eigenvalue weighted by atomic mass is 10.0. The van der Waals surface area contributed by atoms with Crippen LogP contribution in [0, 0.1) is 0 Å². The third kappa shape index (κ3) is 4.89. The predicted octanol–water partition coefficient (Wildman–Crippen LogP) is 6.55. The zero-order valence-electron chi connectivity index (χ0n) is 26.2. The predicted molar refractivity (Wildman–Crippen MR) is 191 cm³/mol. The Kier molecular flexibility index (Phi) is 7.39. The number of hydrogen-bond acceptors (Lipinski definition) is 6.